The van der Waals surface area contributed by atoms with Crippen molar-refractivity contribution in [2.75, 3.05) is 5.75 Å². The molecule has 2 aromatic carbocycles. The highest BCUT2D eigenvalue weighted by Gasteiger charge is 2.51. The van der Waals surface area contributed by atoms with Gasteiger partial charge < -0.3 is 0 Å². The van der Waals surface area contributed by atoms with Crippen LogP contribution in [0.1, 0.15) is 22.8 Å². The average molecular weight is 497 g/mol. The predicted octanol–water partition coefficient (Wildman–Crippen LogP) is 6.89. The van der Waals surface area contributed by atoms with E-state index in [4.69, 9.17) is 58.0 Å². The van der Waals surface area contributed by atoms with Crippen molar-refractivity contribution in [2.24, 2.45) is 0 Å². The Labute approximate surface area is 181 Å². The van der Waals surface area contributed by atoms with Gasteiger partial charge in [0.2, 0.25) is 0 Å². The fraction of sp³-hybridized carbons (Fsp3) is 0.294. The van der Waals surface area contributed by atoms with Crippen molar-refractivity contribution in [1.29, 1.82) is 0 Å². The first-order valence-corrected chi connectivity index (χ1v) is 11.1. The Kier molecular flexibility index (Phi) is 7.32. The van der Waals surface area contributed by atoms with Gasteiger partial charge in [-0.3, -0.25) is 0 Å². The highest BCUT2D eigenvalue weighted by molar-refractivity contribution is 7.91. The Hall–Kier alpha value is -0.300. The second-order valence-corrected chi connectivity index (χ2v) is 11.2. The van der Waals surface area contributed by atoms with E-state index in [0.717, 1.165) is 0 Å². The molecule has 27 heavy (non-hydrogen) atoms. The van der Waals surface area contributed by atoms with Gasteiger partial charge in [0.15, 0.2) is 9.84 Å². The highest BCUT2D eigenvalue weighted by atomic mass is 35.6. The lowest BCUT2D eigenvalue weighted by Crippen LogP contribution is -2.36. The standard InChI is InChI=1S/C17H13Cl5F2O2S/c18-13-5-1-11(2-6-13)15(12-3-7-14(19)8-4-12)27(25,26)10-9-16(23,24)17(20,21)22/h1-8,15H,9-10H2. The van der Waals surface area contributed by atoms with Gasteiger partial charge in [0, 0.05) is 16.5 Å². The SMILES string of the molecule is O=S(=O)(CCC(F)(F)C(Cl)(Cl)Cl)C(c1ccc(Cl)cc1)c1ccc(Cl)cc1. The summed E-state index contributed by atoms with van der Waals surface area (Å²) in [7, 11) is -4.09. The molecule has 0 aliphatic heterocycles. The quantitative estimate of drug-likeness (QED) is 0.408. The lowest BCUT2D eigenvalue weighted by molar-refractivity contribution is 0.00212. The van der Waals surface area contributed by atoms with Crippen molar-refractivity contribution >= 4 is 67.8 Å². The zero-order valence-electron chi connectivity index (χ0n) is 13.5. The molecule has 0 aliphatic rings. The molecule has 148 valence electrons. The van der Waals surface area contributed by atoms with Crippen LogP contribution < -0.4 is 0 Å². The third kappa shape index (κ3) is 5.84. The Bertz CT molecular complexity index is 834. The van der Waals surface area contributed by atoms with Gasteiger partial charge in [-0.15, -0.1) is 0 Å². The lowest BCUT2D eigenvalue weighted by atomic mass is 10.0. The van der Waals surface area contributed by atoms with Crippen molar-refractivity contribution in [1.82, 2.24) is 0 Å². The molecule has 2 rings (SSSR count). The summed E-state index contributed by atoms with van der Waals surface area (Å²) < 4.78 is 50.9. The molecule has 2 nitrogen and oxygen atoms in total. The first kappa shape index (κ1) is 23.0. The minimum absolute atomic E-state index is 0.374. The maximum absolute atomic E-state index is 13.9. The van der Waals surface area contributed by atoms with Crippen LogP contribution in [0.15, 0.2) is 48.5 Å². The summed E-state index contributed by atoms with van der Waals surface area (Å²) in [6, 6.07) is 12.2. The van der Waals surface area contributed by atoms with E-state index in [0.29, 0.717) is 21.2 Å². The molecule has 0 heterocycles. The van der Waals surface area contributed by atoms with Gasteiger partial charge in [0.25, 0.3) is 9.72 Å². The van der Waals surface area contributed by atoms with Gasteiger partial charge in [0.1, 0.15) is 5.25 Å². The van der Waals surface area contributed by atoms with E-state index in [-0.39, 0.29) is 0 Å². The number of hydrogen-bond donors (Lipinski definition) is 0. The fourth-order valence-corrected chi connectivity index (χ4v) is 4.87. The van der Waals surface area contributed by atoms with E-state index in [1.54, 1.807) is 0 Å². The van der Waals surface area contributed by atoms with Crippen LogP contribution in [0.2, 0.25) is 10.0 Å². The molecule has 0 fully saturated rings. The number of rotatable bonds is 6. The number of halogens is 7. The lowest BCUT2D eigenvalue weighted by Gasteiger charge is -2.25. The maximum Gasteiger partial charge on any atom is 0.295 e. The highest BCUT2D eigenvalue weighted by Crippen LogP contribution is 2.45. The van der Waals surface area contributed by atoms with E-state index in [2.05, 4.69) is 0 Å². The third-order valence-corrected chi connectivity index (χ3v) is 7.19. The topological polar surface area (TPSA) is 34.1 Å². The first-order valence-electron chi connectivity index (χ1n) is 7.50. The third-order valence-electron chi connectivity index (χ3n) is 3.82. The van der Waals surface area contributed by atoms with Gasteiger partial charge in [-0.1, -0.05) is 82.3 Å². The van der Waals surface area contributed by atoms with Crippen molar-refractivity contribution in [3.05, 3.63) is 69.7 Å². The van der Waals surface area contributed by atoms with Crippen LogP contribution in [0, 0.1) is 0 Å². The number of hydrogen-bond acceptors (Lipinski definition) is 2. The summed E-state index contributed by atoms with van der Waals surface area (Å²) in [4.78, 5) is 0. The molecule has 0 saturated heterocycles. The second kappa shape index (κ2) is 8.60. The molecule has 0 radical (unpaired) electrons. The average Bonchev–Trinajstić information content (AvgIpc) is 2.56. The van der Waals surface area contributed by atoms with Crippen molar-refractivity contribution in [2.45, 2.75) is 21.4 Å². The first-order chi connectivity index (χ1) is 12.3. The Balaban J connectivity index is 2.43. The van der Waals surface area contributed by atoms with Crippen LogP contribution >= 0.6 is 58.0 Å². The smallest absolute Gasteiger partial charge is 0.228 e. The van der Waals surface area contributed by atoms with Crippen LogP contribution in [-0.2, 0) is 9.84 Å². The Morgan fingerprint density at radius 1 is 0.815 bits per heavy atom. The van der Waals surface area contributed by atoms with Crippen molar-refractivity contribution < 1.29 is 17.2 Å². The molecular formula is C17H13Cl5F2O2S. The summed E-state index contributed by atoms with van der Waals surface area (Å²) in [5.74, 6) is -4.70. The number of benzene rings is 2. The Morgan fingerprint density at radius 3 is 1.52 bits per heavy atom. The zero-order chi connectivity index (χ0) is 20.5. The monoisotopic (exact) mass is 494 g/mol. The predicted molar refractivity (Wildman–Crippen MR) is 108 cm³/mol. The van der Waals surface area contributed by atoms with Crippen LogP contribution in [-0.4, -0.2) is 23.9 Å². The van der Waals surface area contributed by atoms with Crippen LogP contribution in [0.3, 0.4) is 0 Å². The molecule has 0 spiro atoms. The zero-order valence-corrected chi connectivity index (χ0v) is 18.1. The van der Waals surface area contributed by atoms with E-state index < -0.39 is 37.0 Å². The van der Waals surface area contributed by atoms with E-state index >= 15 is 0 Å². The van der Waals surface area contributed by atoms with Crippen LogP contribution in [0.4, 0.5) is 8.78 Å². The minimum Gasteiger partial charge on any atom is -0.228 e. The molecule has 0 bridgehead atoms. The molecule has 0 saturated carbocycles. The molecular weight excluding hydrogens is 484 g/mol. The number of alkyl halides is 5. The summed E-state index contributed by atoms with van der Waals surface area (Å²) in [5.41, 5.74) is 0.748. The molecule has 0 N–H and O–H groups in total. The van der Waals surface area contributed by atoms with Gasteiger partial charge >= 0.3 is 0 Å². The summed E-state index contributed by atoms with van der Waals surface area (Å²) >= 11 is 27.5. The van der Waals surface area contributed by atoms with Gasteiger partial charge in [0.05, 0.1) is 5.75 Å². The molecule has 10 heteroatoms. The summed E-state index contributed by atoms with van der Waals surface area (Å²) in [5, 5.41) is -0.374. The van der Waals surface area contributed by atoms with Gasteiger partial charge in [-0.2, -0.15) is 0 Å². The van der Waals surface area contributed by atoms with Gasteiger partial charge in [-0.05, 0) is 35.4 Å². The van der Waals surface area contributed by atoms with E-state index in [9.17, 15) is 17.2 Å². The molecule has 2 aromatic rings. The summed E-state index contributed by atoms with van der Waals surface area (Å²) in [6.07, 6.45) is -1.14. The van der Waals surface area contributed by atoms with Gasteiger partial charge in [-0.25, -0.2) is 17.2 Å². The molecule has 0 aromatic heterocycles. The maximum atomic E-state index is 13.9. The summed E-state index contributed by atoms with van der Waals surface area (Å²) in [6.45, 7) is 0. The van der Waals surface area contributed by atoms with E-state index in [1.165, 1.54) is 48.5 Å². The molecule has 0 atom stereocenters. The second-order valence-electron chi connectivity index (χ2n) is 5.80. The van der Waals surface area contributed by atoms with Crippen LogP contribution in [0.5, 0.6) is 0 Å². The van der Waals surface area contributed by atoms with Crippen LogP contribution in [0.25, 0.3) is 0 Å². The molecule has 0 amide bonds. The number of sulfone groups is 1. The molecule has 0 unspecified atom stereocenters. The fourth-order valence-electron chi connectivity index (χ4n) is 2.41. The largest absolute Gasteiger partial charge is 0.295 e. The van der Waals surface area contributed by atoms with Crippen molar-refractivity contribution in [3.63, 3.8) is 0 Å². The Morgan fingerprint density at radius 2 is 1.19 bits per heavy atom. The molecule has 0 aliphatic carbocycles. The minimum atomic E-state index is -4.09. The normalized spacial score (nSPS) is 13.2. The van der Waals surface area contributed by atoms with Crippen molar-refractivity contribution in [3.8, 4) is 0 Å². The van der Waals surface area contributed by atoms with E-state index in [1.807, 2.05) is 0 Å².